The first-order valence-corrected chi connectivity index (χ1v) is 5.92. The maximum atomic E-state index is 13.1. The molecular weight excluding hydrogens is 221 g/mol. The average Bonchev–Trinajstić information content (AvgIpc) is 2.82. The van der Waals surface area contributed by atoms with Gasteiger partial charge in [-0.25, -0.2) is 4.39 Å². The van der Waals surface area contributed by atoms with Gasteiger partial charge in [0.05, 0.1) is 19.8 Å². The second-order valence-corrected chi connectivity index (χ2v) is 4.36. The first kappa shape index (κ1) is 12.5. The van der Waals surface area contributed by atoms with Crippen LogP contribution in [-0.2, 0) is 22.6 Å². The zero-order chi connectivity index (χ0) is 12.1. The van der Waals surface area contributed by atoms with Crippen LogP contribution in [-0.4, -0.2) is 19.8 Å². The smallest absolute Gasteiger partial charge is 0.123 e. The van der Waals surface area contributed by atoms with Crippen LogP contribution in [0.5, 0.6) is 0 Å². The zero-order valence-corrected chi connectivity index (χ0v) is 9.82. The highest BCUT2D eigenvalue weighted by molar-refractivity contribution is 5.27. The lowest BCUT2D eigenvalue weighted by Gasteiger charge is -2.11. The summed E-state index contributed by atoms with van der Waals surface area (Å²) in [5.74, 6) is 0.231. The van der Waals surface area contributed by atoms with Crippen LogP contribution in [0.25, 0.3) is 0 Å². The summed E-state index contributed by atoms with van der Waals surface area (Å²) >= 11 is 0. The minimum absolute atomic E-state index is 0.245. The molecular formula is C13H18FNO2. The fourth-order valence-corrected chi connectivity index (χ4v) is 1.98. The van der Waals surface area contributed by atoms with Crippen LogP contribution >= 0.6 is 0 Å². The molecule has 0 spiro atoms. The minimum Gasteiger partial charge on any atom is -0.381 e. The summed E-state index contributed by atoms with van der Waals surface area (Å²) in [5.41, 5.74) is 7.37. The van der Waals surface area contributed by atoms with Gasteiger partial charge in [0.25, 0.3) is 0 Å². The summed E-state index contributed by atoms with van der Waals surface area (Å²) in [6.45, 7) is 3.09. The molecule has 3 nitrogen and oxygen atoms in total. The molecule has 1 aromatic rings. The van der Waals surface area contributed by atoms with E-state index in [0.717, 1.165) is 30.8 Å². The quantitative estimate of drug-likeness (QED) is 0.852. The maximum absolute atomic E-state index is 13.1. The van der Waals surface area contributed by atoms with Crippen molar-refractivity contribution < 1.29 is 13.9 Å². The van der Waals surface area contributed by atoms with E-state index >= 15 is 0 Å². The fourth-order valence-electron chi connectivity index (χ4n) is 1.98. The van der Waals surface area contributed by atoms with Crippen molar-refractivity contribution >= 4 is 0 Å². The number of benzene rings is 1. The Hall–Kier alpha value is -0.970. The van der Waals surface area contributed by atoms with Crippen LogP contribution < -0.4 is 5.73 Å². The Kier molecular flexibility index (Phi) is 4.48. The van der Waals surface area contributed by atoms with E-state index in [1.54, 1.807) is 6.07 Å². The summed E-state index contributed by atoms with van der Waals surface area (Å²) in [7, 11) is 0. The summed E-state index contributed by atoms with van der Waals surface area (Å²) in [5, 5.41) is 0. The van der Waals surface area contributed by atoms with Crippen molar-refractivity contribution in [2.45, 2.75) is 19.6 Å². The van der Waals surface area contributed by atoms with Gasteiger partial charge in [-0.1, -0.05) is 6.07 Å². The number of halogens is 1. The molecule has 94 valence electrons. The van der Waals surface area contributed by atoms with E-state index in [0.29, 0.717) is 25.7 Å². The molecule has 0 bridgehead atoms. The Balaban J connectivity index is 1.86. The molecule has 0 aliphatic carbocycles. The van der Waals surface area contributed by atoms with Gasteiger partial charge in [-0.05, 0) is 29.7 Å². The molecule has 1 saturated heterocycles. The molecule has 2 rings (SSSR count). The van der Waals surface area contributed by atoms with Gasteiger partial charge in [-0.3, -0.25) is 0 Å². The molecule has 4 heteroatoms. The van der Waals surface area contributed by atoms with Gasteiger partial charge in [0.2, 0.25) is 0 Å². The van der Waals surface area contributed by atoms with Gasteiger partial charge in [0.15, 0.2) is 0 Å². The molecule has 1 fully saturated rings. The molecule has 1 aliphatic rings. The van der Waals surface area contributed by atoms with E-state index < -0.39 is 0 Å². The number of ether oxygens (including phenoxy) is 2. The van der Waals surface area contributed by atoms with Gasteiger partial charge in [0, 0.05) is 19.1 Å². The topological polar surface area (TPSA) is 44.5 Å². The summed E-state index contributed by atoms with van der Waals surface area (Å²) in [6, 6.07) is 4.64. The van der Waals surface area contributed by atoms with Crippen molar-refractivity contribution in [1.29, 1.82) is 0 Å². The first-order chi connectivity index (χ1) is 8.29. The fraction of sp³-hybridized carbons (Fsp3) is 0.538. The number of nitrogens with two attached hydrogens (primary N) is 1. The van der Waals surface area contributed by atoms with Crippen molar-refractivity contribution in [1.82, 2.24) is 0 Å². The van der Waals surface area contributed by atoms with E-state index in [-0.39, 0.29) is 5.82 Å². The van der Waals surface area contributed by atoms with Crippen LogP contribution in [0.3, 0.4) is 0 Å². The third-order valence-electron chi connectivity index (χ3n) is 3.02. The van der Waals surface area contributed by atoms with Crippen molar-refractivity contribution in [2.75, 3.05) is 19.8 Å². The molecule has 1 atom stereocenters. The third-order valence-corrected chi connectivity index (χ3v) is 3.02. The molecule has 1 unspecified atom stereocenters. The number of hydrogen-bond donors (Lipinski definition) is 1. The Morgan fingerprint density at radius 2 is 2.29 bits per heavy atom. The predicted octanol–water partition coefficient (Wildman–Crippen LogP) is 1.84. The monoisotopic (exact) mass is 239 g/mol. The van der Waals surface area contributed by atoms with Gasteiger partial charge >= 0.3 is 0 Å². The second kappa shape index (κ2) is 6.10. The Labute approximate surface area is 101 Å². The Morgan fingerprint density at radius 1 is 1.41 bits per heavy atom. The standard InChI is InChI=1S/C13H18FNO2/c14-13-2-1-11(6-15)12(5-13)9-17-8-10-3-4-16-7-10/h1-2,5,10H,3-4,6-9,15H2. The third kappa shape index (κ3) is 3.49. The van der Waals surface area contributed by atoms with Gasteiger partial charge in [-0.2, -0.15) is 0 Å². The molecule has 1 aliphatic heterocycles. The molecule has 1 heterocycles. The molecule has 0 saturated carbocycles. The molecule has 1 aromatic carbocycles. The number of hydrogen-bond acceptors (Lipinski definition) is 3. The van der Waals surface area contributed by atoms with Crippen molar-refractivity contribution in [3.05, 3.63) is 35.1 Å². The van der Waals surface area contributed by atoms with E-state index in [1.165, 1.54) is 12.1 Å². The lowest BCUT2D eigenvalue weighted by molar-refractivity contribution is 0.0786. The van der Waals surface area contributed by atoms with Crippen molar-refractivity contribution in [2.24, 2.45) is 11.7 Å². The van der Waals surface area contributed by atoms with Crippen molar-refractivity contribution in [3.63, 3.8) is 0 Å². The van der Waals surface area contributed by atoms with Crippen LogP contribution in [0.2, 0.25) is 0 Å². The highest BCUT2D eigenvalue weighted by Gasteiger charge is 2.15. The largest absolute Gasteiger partial charge is 0.381 e. The highest BCUT2D eigenvalue weighted by Crippen LogP contribution is 2.15. The van der Waals surface area contributed by atoms with Gasteiger partial charge < -0.3 is 15.2 Å². The molecule has 0 radical (unpaired) electrons. The molecule has 2 N–H and O–H groups in total. The van der Waals surface area contributed by atoms with Crippen LogP contribution in [0.15, 0.2) is 18.2 Å². The molecule has 0 amide bonds. The number of rotatable bonds is 5. The lowest BCUT2D eigenvalue weighted by Crippen LogP contribution is -2.10. The van der Waals surface area contributed by atoms with Gasteiger partial charge in [0.1, 0.15) is 5.82 Å². The van der Waals surface area contributed by atoms with Crippen molar-refractivity contribution in [3.8, 4) is 0 Å². The zero-order valence-electron chi connectivity index (χ0n) is 9.82. The molecule has 17 heavy (non-hydrogen) atoms. The van der Waals surface area contributed by atoms with E-state index in [9.17, 15) is 4.39 Å². The minimum atomic E-state index is -0.245. The van der Waals surface area contributed by atoms with E-state index in [1.807, 2.05) is 0 Å². The summed E-state index contributed by atoms with van der Waals surface area (Å²) in [6.07, 6.45) is 1.05. The Bertz CT molecular complexity index is 364. The van der Waals surface area contributed by atoms with Crippen LogP contribution in [0.1, 0.15) is 17.5 Å². The van der Waals surface area contributed by atoms with E-state index in [4.69, 9.17) is 15.2 Å². The lowest BCUT2D eigenvalue weighted by atomic mass is 10.1. The van der Waals surface area contributed by atoms with Gasteiger partial charge in [-0.15, -0.1) is 0 Å². The second-order valence-electron chi connectivity index (χ2n) is 4.36. The average molecular weight is 239 g/mol. The Morgan fingerprint density at radius 3 is 3.00 bits per heavy atom. The molecule has 0 aromatic heterocycles. The van der Waals surface area contributed by atoms with Crippen LogP contribution in [0, 0.1) is 11.7 Å². The normalized spacial score (nSPS) is 19.8. The summed E-state index contributed by atoms with van der Waals surface area (Å²) < 4.78 is 24.0. The maximum Gasteiger partial charge on any atom is 0.123 e. The predicted molar refractivity (Wildman–Crippen MR) is 62.9 cm³/mol. The van der Waals surface area contributed by atoms with Crippen LogP contribution in [0.4, 0.5) is 4.39 Å². The first-order valence-electron chi connectivity index (χ1n) is 5.92. The SMILES string of the molecule is NCc1ccc(F)cc1COCC1CCOC1. The highest BCUT2D eigenvalue weighted by atomic mass is 19.1. The summed E-state index contributed by atoms with van der Waals surface area (Å²) in [4.78, 5) is 0. The van der Waals surface area contributed by atoms with E-state index in [2.05, 4.69) is 0 Å².